The van der Waals surface area contributed by atoms with Crippen molar-refractivity contribution in [2.24, 2.45) is 17.8 Å². The average Bonchev–Trinajstić information content (AvgIpc) is 3.24. The largest absolute Gasteiger partial charge is 0.397 e. The molecule has 2 saturated carbocycles. The number of nitrogens with zero attached hydrogens (tertiary/aromatic N) is 2. The lowest BCUT2D eigenvalue weighted by molar-refractivity contribution is -0.118. The predicted octanol–water partition coefficient (Wildman–Crippen LogP) is 4.45. The van der Waals surface area contributed by atoms with Crippen molar-refractivity contribution in [1.29, 1.82) is 0 Å². The van der Waals surface area contributed by atoms with Gasteiger partial charge in [0.05, 0.1) is 21.8 Å². The molecule has 8 heteroatoms. The number of hydrogen-bond acceptors (Lipinski definition) is 5. The average molecular weight is 443 g/mol. The van der Waals surface area contributed by atoms with Gasteiger partial charge in [-0.25, -0.2) is 4.98 Å². The zero-order valence-electron chi connectivity index (χ0n) is 16.2. The van der Waals surface area contributed by atoms with Crippen molar-refractivity contribution in [1.82, 2.24) is 9.97 Å². The maximum Gasteiger partial charge on any atom is 0.229 e. The van der Waals surface area contributed by atoms with Gasteiger partial charge in [0.2, 0.25) is 5.91 Å². The molecule has 2 aliphatic rings. The Kier molecular flexibility index (Phi) is 4.61. The van der Waals surface area contributed by atoms with Gasteiger partial charge < -0.3 is 16.2 Å². The molecular weight excluding hydrogens is 423 g/mol. The molecule has 2 heterocycles. The van der Waals surface area contributed by atoms with Crippen LogP contribution in [0.5, 0.6) is 0 Å². The summed E-state index contributed by atoms with van der Waals surface area (Å²) in [4.78, 5) is 21.2. The minimum atomic E-state index is -0.274. The number of aliphatic hydroxyl groups is 1. The van der Waals surface area contributed by atoms with Gasteiger partial charge in [0.1, 0.15) is 5.82 Å². The highest BCUT2D eigenvalue weighted by atomic mass is 35.5. The van der Waals surface area contributed by atoms with Crippen LogP contribution in [0.1, 0.15) is 18.4 Å². The van der Waals surface area contributed by atoms with Crippen molar-refractivity contribution in [2.75, 3.05) is 11.1 Å². The van der Waals surface area contributed by atoms with Crippen LogP contribution >= 0.6 is 23.2 Å². The minimum Gasteiger partial charge on any atom is -0.397 e. The topological polar surface area (TPSA) is 101 Å². The lowest BCUT2D eigenvalue weighted by atomic mass is 9.98. The highest BCUT2D eigenvalue weighted by Gasteiger charge is 2.59. The van der Waals surface area contributed by atoms with Gasteiger partial charge >= 0.3 is 0 Å². The van der Waals surface area contributed by atoms with Gasteiger partial charge in [-0.1, -0.05) is 23.2 Å². The Morgan fingerprint density at radius 1 is 1.20 bits per heavy atom. The van der Waals surface area contributed by atoms with Gasteiger partial charge in [-0.3, -0.25) is 9.78 Å². The number of rotatable bonds is 3. The molecule has 0 spiro atoms. The second-order valence-electron chi connectivity index (χ2n) is 8.19. The molecule has 154 valence electrons. The fourth-order valence-electron chi connectivity index (χ4n) is 4.78. The van der Waals surface area contributed by atoms with Gasteiger partial charge in [-0.15, -0.1) is 0 Å². The summed E-state index contributed by atoms with van der Waals surface area (Å²) >= 11 is 13.3. The third-order valence-electron chi connectivity index (χ3n) is 6.39. The van der Waals surface area contributed by atoms with E-state index >= 15 is 0 Å². The fraction of sp³-hybridized carbons (Fsp3) is 0.318. The monoisotopic (exact) mass is 442 g/mol. The fourth-order valence-corrected chi connectivity index (χ4v) is 5.48. The van der Waals surface area contributed by atoms with Gasteiger partial charge in [0.25, 0.3) is 0 Å². The molecule has 5 rings (SSSR count). The molecule has 3 aromatic rings. The van der Waals surface area contributed by atoms with Gasteiger partial charge in [0.15, 0.2) is 0 Å². The second kappa shape index (κ2) is 7.08. The Hall–Kier alpha value is -2.41. The van der Waals surface area contributed by atoms with Crippen LogP contribution < -0.4 is 11.1 Å². The molecule has 0 bridgehead atoms. The van der Waals surface area contributed by atoms with E-state index in [9.17, 15) is 9.90 Å². The number of fused-ring (bicyclic) bond motifs is 2. The quantitative estimate of drug-likeness (QED) is 0.520. The summed E-state index contributed by atoms with van der Waals surface area (Å²) in [5.41, 5.74) is 9.06. The van der Waals surface area contributed by atoms with Crippen LogP contribution in [0, 0.1) is 24.7 Å². The number of carbonyl (C=O) groups excluding carboxylic acids is 1. The first-order valence-electron chi connectivity index (χ1n) is 9.83. The summed E-state index contributed by atoms with van der Waals surface area (Å²) in [6.07, 6.45) is 6.11. The molecule has 30 heavy (non-hydrogen) atoms. The number of pyridine rings is 2. The first-order chi connectivity index (χ1) is 14.4. The minimum absolute atomic E-state index is 0.0507. The predicted molar refractivity (Wildman–Crippen MR) is 118 cm³/mol. The summed E-state index contributed by atoms with van der Waals surface area (Å²) in [7, 11) is 0. The summed E-state index contributed by atoms with van der Waals surface area (Å²) < 4.78 is 0. The standard InChI is InChI=1S/C22H20Cl2N4O2/c1-9-2-3-26-7-14(9)18-19(23)13-6-16(27-8-15(13)21(25)20(18)24)28-22(30)17-11-4-10(29)5-12(11)17/h2-3,6-8,10-12,17,29H,4-5,25H2,1H3,(H,27,28,30)/t10?,11-,12+,17-. The molecule has 2 aromatic heterocycles. The Morgan fingerprint density at radius 3 is 2.63 bits per heavy atom. The van der Waals surface area contributed by atoms with Crippen LogP contribution in [0.25, 0.3) is 21.9 Å². The molecule has 4 N–H and O–H groups in total. The van der Waals surface area contributed by atoms with Crippen molar-refractivity contribution in [2.45, 2.75) is 25.9 Å². The number of amides is 1. The zero-order chi connectivity index (χ0) is 21.2. The number of aryl methyl sites for hydroxylation is 1. The number of nitrogens with one attached hydrogen (secondary N) is 1. The number of halogens is 2. The molecule has 2 aliphatic carbocycles. The van der Waals surface area contributed by atoms with Gasteiger partial charge in [0, 0.05) is 46.4 Å². The van der Waals surface area contributed by atoms with E-state index in [4.69, 9.17) is 28.9 Å². The third-order valence-corrected chi connectivity index (χ3v) is 7.17. The highest BCUT2D eigenvalue weighted by Crippen LogP contribution is 2.57. The number of nitrogens with two attached hydrogens (primary N) is 1. The van der Waals surface area contributed by atoms with Crippen LogP contribution in [0.3, 0.4) is 0 Å². The molecular formula is C22H20Cl2N4O2. The number of aromatic nitrogens is 2. The SMILES string of the molecule is Cc1ccncc1-c1c(Cl)c(N)c2cnc(NC(=O)[C@@H]3[C@@H]4CC(O)C[C@@H]43)cc2c1Cl. The van der Waals surface area contributed by atoms with E-state index in [-0.39, 0.29) is 29.8 Å². The number of anilines is 2. The Balaban J connectivity index is 1.53. The van der Waals surface area contributed by atoms with E-state index in [1.807, 2.05) is 13.0 Å². The maximum atomic E-state index is 12.7. The number of hydrogen-bond donors (Lipinski definition) is 3. The summed E-state index contributed by atoms with van der Waals surface area (Å²) in [6.45, 7) is 1.95. The maximum absolute atomic E-state index is 12.7. The Bertz CT molecular complexity index is 1190. The molecule has 6 nitrogen and oxygen atoms in total. The number of aliphatic hydroxyl groups excluding tert-OH is 1. The van der Waals surface area contributed by atoms with Crippen LogP contribution in [0.15, 0.2) is 30.7 Å². The number of benzene rings is 1. The van der Waals surface area contributed by atoms with Crippen LogP contribution in [0.2, 0.25) is 10.0 Å². The first kappa shape index (κ1) is 19.5. The van der Waals surface area contributed by atoms with Crippen molar-refractivity contribution < 1.29 is 9.90 Å². The lowest BCUT2D eigenvalue weighted by Crippen LogP contribution is -2.19. The van der Waals surface area contributed by atoms with E-state index < -0.39 is 0 Å². The van der Waals surface area contributed by atoms with E-state index in [0.29, 0.717) is 50.7 Å². The lowest BCUT2D eigenvalue weighted by Gasteiger charge is -2.16. The van der Waals surface area contributed by atoms with Gasteiger partial charge in [-0.05, 0) is 49.3 Å². The number of nitrogen functional groups attached to an aromatic ring is 1. The van der Waals surface area contributed by atoms with Crippen molar-refractivity contribution >= 4 is 51.4 Å². The Labute approximate surface area is 183 Å². The van der Waals surface area contributed by atoms with Gasteiger partial charge in [-0.2, -0.15) is 0 Å². The van der Waals surface area contributed by atoms with Crippen LogP contribution in [0.4, 0.5) is 11.5 Å². The normalized spacial score (nSPS) is 24.7. The van der Waals surface area contributed by atoms with Crippen LogP contribution in [-0.2, 0) is 4.79 Å². The second-order valence-corrected chi connectivity index (χ2v) is 8.95. The summed E-state index contributed by atoms with van der Waals surface area (Å²) in [5.74, 6) is 0.850. The molecule has 0 saturated heterocycles. The third kappa shape index (κ3) is 3.02. The van der Waals surface area contributed by atoms with E-state index in [0.717, 1.165) is 11.1 Å². The molecule has 0 aliphatic heterocycles. The van der Waals surface area contributed by atoms with E-state index in [1.54, 1.807) is 24.7 Å². The Morgan fingerprint density at radius 2 is 1.93 bits per heavy atom. The molecule has 2 fully saturated rings. The van der Waals surface area contributed by atoms with Crippen LogP contribution in [-0.4, -0.2) is 27.1 Å². The number of carbonyl (C=O) groups is 1. The van der Waals surface area contributed by atoms with E-state index in [2.05, 4.69) is 15.3 Å². The molecule has 1 amide bonds. The van der Waals surface area contributed by atoms with Crippen molar-refractivity contribution in [3.63, 3.8) is 0 Å². The zero-order valence-corrected chi connectivity index (χ0v) is 17.7. The molecule has 0 radical (unpaired) electrons. The smallest absolute Gasteiger partial charge is 0.229 e. The highest BCUT2D eigenvalue weighted by molar-refractivity contribution is 6.45. The van der Waals surface area contributed by atoms with E-state index in [1.165, 1.54) is 0 Å². The molecule has 1 unspecified atom stereocenters. The van der Waals surface area contributed by atoms with Crippen molar-refractivity contribution in [3.8, 4) is 11.1 Å². The first-order valence-corrected chi connectivity index (χ1v) is 10.6. The van der Waals surface area contributed by atoms with Crippen molar-refractivity contribution in [3.05, 3.63) is 46.3 Å². The summed E-state index contributed by atoms with van der Waals surface area (Å²) in [6, 6.07) is 3.61. The molecule has 1 aromatic carbocycles. The summed E-state index contributed by atoms with van der Waals surface area (Å²) in [5, 5.41) is 14.6. The molecule has 4 atom stereocenters.